The van der Waals surface area contributed by atoms with Crippen LogP contribution in [-0.2, 0) is 0 Å². The van der Waals surface area contributed by atoms with E-state index in [0.29, 0.717) is 11.6 Å². The van der Waals surface area contributed by atoms with Crippen LogP contribution in [0.25, 0.3) is 5.65 Å². The average molecular weight is 268 g/mol. The molecule has 0 saturated carbocycles. The summed E-state index contributed by atoms with van der Waals surface area (Å²) in [6.07, 6.45) is 0. The molecule has 3 aromatic rings. The second kappa shape index (κ2) is 4.80. The van der Waals surface area contributed by atoms with Crippen molar-refractivity contribution >= 4 is 17.4 Å². The molecule has 2 aromatic heterocycles. The molecular formula is C14H16N6. The summed E-state index contributed by atoms with van der Waals surface area (Å²) in [5, 5.41) is 12.2. The number of hydrogen-bond acceptors (Lipinski definition) is 5. The van der Waals surface area contributed by atoms with Crippen molar-refractivity contribution in [3.8, 4) is 0 Å². The average Bonchev–Trinajstić information content (AvgIpc) is 2.87. The van der Waals surface area contributed by atoms with Crippen molar-refractivity contribution in [3.63, 3.8) is 0 Å². The van der Waals surface area contributed by atoms with Gasteiger partial charge in [-0.25, -0.2) is 0 Å². The summed E-state index contributed by atoms with van der Waals surface area (Å²) >= 11 is 0. The summed E-state index contributed by atoms with van der Waals surface area (Å²) in [7, 11) is 2.01. The maximum atomic E-state index is 5.74. The molecule has 0 radical (unpaired) electrons. The maximum Gasteiger partial charge on any atom is 0.243 e. The Morgan fingerprint density at radius 3 is 2.60 bits per heavy atom. The molecule has 0 aliphatic rings. The van der Waals surface area contributed by atoms with Crippen molar-refractivity contribution in [2.24, 2.45) is 0 Å². The fraction of sp³-hybridized carbons (Fsp3) is 0.214. The fourth-order valence-corrected chi connectivity index (χ4v) is 2.14. The van der Waals surface area contributed by atoms with E-state index in [-0.39, 0.29) is 6.04 Å². The van der Waals surface area contributed by atoms with E-state index in [1.807, 2.05) is 37.4 Å². The Kier molecular flexibility index (Phi) is 2.98. The molecule has 2 heterocycles. The third kappa shape index (κ3) is 2.05. The molecule has 0 aliphatic carbocycles. The predicted molar refractivity (Wildman–Crippen MR) is 78.5 cm³/mol. The van der Waals surface area contributed by atoms with E-state index in [0.717, 1.165) is 5.82 Å². The van der Waals surface area contributed by atoms with E-state index in [2.05, 4.69) is 39.3 Å². The number of nitrogens with zero attached hydrogens (tertiary/aromatic N) is 5. The number of nitrogen functional groups attached to an aromatic ring is 1. The lowest BCUT2D eigenvalue weighted by atomic mass is 10.1. The van der Waals surface area contributed by atoms with Crippen molar-refractivity contribution in [2.75, 3.05) is 17.7 Å². The highest BCUT2D eigenvalue weighted by Gasteiger charge is 2.14. The molecule has 6 heteroatoms. The number of benzene rings is 1. The van der Waals surface area contributed by atoms with Gasteiger partial charge in [0.15, 0.2) is 5.65 Å². The number of aromatic nitrogens is 4. The van der Waals surface area contributed by atoms with E-state index in [9.17, 15) is 0 Å². The minimum Gasteiger partial charge on any atom is -0.366 e. The quantitative estimate of drug-likeness (QED) is 0.785. The van der Waals surface area contributed by atoms with Gasteiger partial charge in [-0.3, -0.25) is 0 Å². The Bertz CT molecular complexity index is 721. The van der Waals surface area contributed by atoms with Crippen LogP contribution < -0.4 is 10.6 Å². The van der Waals surface area contributed by atoms with Gasteiger partial charge in [0.2, 0.25) is 5.95 Å². The summed E-state index contributed by atoms with van der Waals surface area (Å²) in [5.41, 5.74) is 7.62. The highest BCUT2D eigenvalue weighted by molar-refractivity contribution is 5.49. The molecule has 0 bridgehead atoms. The summed E-state index contributed by atoms with van der Waals surface area (Å²) in [6, 6.07) is 14.3. The predicted octanol–water partition coefficient (Wildman–Crippen LogP) is 1.90. The zero-order chi connectivity index (χ0) is 14.1. The van der Waals surface area contributed by atoms with Crippen LogP contribution in [0.15, 0.2) is 42.5 Å². The Hall–Kier alpha value is -2.63. The van der Waals surface area contributed by atoms with Crippen molar-refractivity contribution in [2.45, 2.75) is 13.0 Å². The third-order valence-corrected chi connectivity index (χ3v) is 3.50. The molecule has 1 atom stereocenters. The van der Waals surface area contributed by atoms with Gasteiger partial charge in [0.1, 0.15) is 5.82 Å². The Morgan fingerprint density at radius 1 is 1.10 bits per heavy atom. The molecule has 0 saturated heterocycles. The third-order valence-electron chi connectivity index (χ3n) is 3.50. The molecule has 0 amide bonds. The van der Waals surface area contributed by atoms with Gasteiger partial charge in [0.05, 0.1) is 6.04 Å². The molecule has 6 nitrogen and oxygen atoms in total. The lowest BCUT2D eigenvalue weighted by Gasteiger charge is -2.26. The molecule has 102 valence electrons. The van der Waals surface area contributed by atoms with Crippen LogP contribution in [0.1, 0.15) is 18.5 Å². The summed E-state index contributed by atoms with van der Waals surface area (Å²) in [6.45, 7) is 2.14. The Balaban J connectivity index is 1.95. The summed E-state index contributed by atoms with van der Waals surface area (Å²) in [5.74, 6) is 1.11. The molecule has 1 unspecified atom stereocenters. The van der Waals surface area contributed by atoms with Gasteiger partial charge in [-0.05, 0) is 24.6 Å². The summed E-state index contributed by atoms with van der Waals surface area (Å²) < 4.78 is 1.55. The van der Waals surface area contributed by atoms with E-state index >= 15 is 0 Å². The topological polar surface area (TPSA) is 72.3 Å². The van der Waals surface area contributed by atoms with Gasteiger partial charge in [-0.2, -0.15) is 4.52 Å². The Labute approximate surface area is 116 Å². The largest absolute Gasteiger partial charge is 0.366 e. The second-order valence-corrected chi connectivity index (χ2v) is 4.72. The number of anilines is 2. The SMILES string of the molecule is CC(c1ccccc1)N(C)c1ccc2nnc(N)n2n1. The van der Waals surface area contributed by atoms with Crippen LogP contribution in [0.4, 0.5) is 11.8 Å². The molecule has 3 rings (SSSR count). The van der Waals surface area contributed by atoms with Crippen LogP contribution in [0.2, 0.25) is 0 Å². The summed E-state index contributed by atoms with van der Waals surface area (Å²) in [4.78, 5) is 2.09. The van der Waals surface area contributed by atoms with Gasteiger partial charge in [-0.1, -0.05) is 30.3 Å². The van der Waals surface area contributed by atoms with Gasteiger partial charge in [-0.15, -0.1) is 15.3 Å². The normalized spacial score (nSPS) is 12.5. The van der Waals surface area contributed by atoms with Crippen LogP contribution in [-0.4, -0.2) is 26.9 Å². The minimum atomic E-state index is 0.207. The first kappa shape index (κ1) is 12.4. The number of hydrogen-bond donors (Lipinski definition) is 1. The van der Waals surface area contributed by atoms with E-state index in [1.54, 1.807) is 4.52 Å². The maximum absolute atomic E-state index is 5.74. The van der Waals surface area contributed by atoms with Crippen LogP contribution >= 0.6 is 0 Å². The molecule has 1 aromatic carbocycles. The van der Waals surface area contributed by atoms with E-state index < -0.39 is 0 Å². The van der Waals surface area contributed by atoms with Crippen LogP contribution in [0, 0.1) is 0 Å². The first-order valence-corrected chi connectivity index (χ1v) is 6.42. The number of nitrogens with two attached hydrogens (primary N) is 1. The van der Waals surface area contributed by atoms with E-state index in [1.165, 1.54) is 5.56 Å². The molecule has 2 N–H and O–H groups in total. The van der Waals surface area contributed by atoms with E-state index in [4.69, 9.17) is 5.73 Å². The zero-order valence-electron chi connectivity index (χ0n) is 11.4. The van der Waals surface area contributed by atoms with Crippen LogP contribution in [0.3, 0.4) is 0 Å². The van der Waals surface area contributed by atoms with Crippen molar-refractivity contribution in [1.29, 1.82) is 0 Å². The minimum absolute atomic E-state index is 0.207. The van der Waals surface area contributed by atoms with Crippen LogP contribution in [0.5, 0.6) is 0 Å². The molecular weight excluding hydrogens is 252 g/mol. The van der Waals surface area contributed by atoms with Crippen molar-refractivity contribution in [3.05, 3.63) is 48.0 Å². The Morgan fingerprint density at radius 2 is 1.85 bits per heavy atom. The van der Waals surface area contributed by atoms with Crippen molar-refractivity contribution in [1.82, 2.24) is 19.8 Å². The molecule has 0 spiro atoms. The van der Waals surface area contributed by atoms with Crippen molar-refractivity contribution < 1.29 is 0 Å². The van der Waals surface area contributed by atoms with Gasteiger partial charge in [0, 0.05) is 7.05 Å². The molecule has 0 fully saturated rings. The number of fused-ring (bicyclic) bond motifs is 1. The standard InChI is InChI=1S/C14H16N6/c1-10(11-6-4-3-5-7-11)19(2)13-9-8-12-16-17-14(15)20(12)18-13/h3-10H,1-2H3,(H2,15,17). The monoisotopic (exact) mass is 268 g/mol. The number of rotatable bonds is 3. The zero-order valence-corrected chi connectivity index (χ0v) is 11.4. The van der Waals surface area contributed by atoms with Gasteiger partial charge >= 0.3 is 0 Å². The lowest BCUT2D eigenvalue weighted by Crippen LogP contribution is -2.23. The first-order chi connectivity index (χ1) is 9.66. The fourth-order valence-electron chi connectivity index (χ4n) is 2.14. The highest BCUT2D eigenvalue weighted by Crippen LogP contribution is 2.23. The smallest absolute Gasteiger partial charge is 0.243 e. The lowest BCUT2D eigenvalue weighted by molar-refractivity contribution is 0.716. The van der Waals surface area contributed by atoms with Gasteiger partial charge < -0.3 is 10.6 Å². The highest BCUT2D eigenvalue weighted by atomic mass is 15.4. The first-order valence-electron chi connectivity index (χ1n) is 6.42. The molecule has 20 heavy (non-hydrogen) atoms. The molecule has 0 aliphatic heterocycles. The van der Waals surface area contributed by atoms with Gasteiger partial charge in [0.25, 0.3) is 0 Å². The second-order valence-electron chi connectivity index (χ2n) is 4.72.